The van der Waals surface area contributed by atoms with Gasteiger partial charge in [-0.3, -0.25) is 9.59 Å². The van der Waals surface area contributed by atoms with Crippen molar-refractivity contribution in [2.75, 3.05) is 11.9 Å². The minimum Gasteiger partial charge on any atom is -0.494 e. The number of hydrogen-bond donors (Lipinski definition) is 2. The van der Waals surface area contributed by atoms with E-state index in [2.05, 4.69) is 12.2 Å². The molecule has 3 rings (SSSR count). The number of rotatable bonds is 5. The van der Waals surface area contributed by atoms with Crippen LogP contribution in [-0.4, -0.2) is 18.4 Å². The van der Waals surface area contributed by atoms with E-state index in [0.717, 1.165) is 35.5 Å². The highest BCUT2D eigenvalue weighted by Crippen LogP contribution is 2.39. The topological polar surface area (TPSA) is 81.4 Å². The van der Waals surface area contributed by atoms with Gasteiger partial charge in [-0.2, -0.15) is 0 Å². The van der Waals surface area contributed by atoms with Gasteiger partial charge in [0.1, 0.15) is 10.8 Å². The van der Waals surface area contributed by atoms with Crippen LogP contribution in [0.2, 0.25) is 0 Å². The fourth-order valence-corrected chi connectivity index (χ4v) is 4.40. The van der Waals surface area contributed by atoms with Crippen LogP contribution in [0, 0.1) is 5.92 Å². The Morgan fingerprint density at radius 1 is 1.32 bits per heavy atom. The van der Waals surface area contributed by atoms with Gasteiger partial charge in [0.25, 0.3) is 11.8 Å². The zero-order valence-electron chi connectivity index (χ0n) is 14.4. The monoisotopic (exact) mass is 358 g/mol. The fourth-order valence-electron chi connectivity index (χ4n) is 3.15. The summed E-state index contributed by atoms with van der Waals surface area (Å²) < 4.78 is 5.38. The van der Waals surface area contributed by atoms with E-state index in [1.807, 2.05) is 6.92 Å². The molecule has 1 heterocycles. The quantitative estimate of drug-likeness (QED) is 0.856. The van der Waals surface area contributed by atoms with Gasteiger partial charge < -0.3 is 15.8 Å². The van der Waals surface area contributed by atoms with E-state index in [-0.39, 0.29) is 5.91 Å². The number of aryl methyl sites for hydroxylation is 1. The van der Waals surface area contributed by atoms with Gasteiger partial charge in [0.2, 0.25) is 0 Å². The molecule has 0 bridgehead atoms. The maximum absolute atomic E-state index is 12.5. The predicted molar refractivity (Wildman–Crippen MR) is 99.6 cm³/mol. The number of carbonyl (C=O) groups is 2. The third-order valence-electron chi connectivity index (χ3n) is 4.41. The largest absolute Gasteiger partial charge is 0.494 e. The van der Waals surface area contributed by atoms with Crippen molar-refractivity contribution >= 4 is 28.2 Å². The first-order valence-electron chi connectivity index (χ1n) is 8.48. The molecular formula is C19H22N2O3S. The molecular weight excluding hydrogens is 336 g/mol. The average Bonchev–Trinajstić information content (AvgIpc) is 2.92. The maximum Gasteiger partial charge on any atom is 0.256 e. The van der Waals surface area contributed by atoms with E-state index in [1.54, 1.807) is 24.3 Å². The van der Waals surface area contributed by atoms with Crippen LogP contribution in [0.25, 0.3) is 0 Å². The molecule has 132 valence electrons. The van der Waals surface area contributed by atoms with Crippen molar-refractivity contribution in [1.82, 2.24) is 0 Å². The normalized spacial score (nSPS) is 16.2. The summed E-state index contributed by atoms with van der Waals surface area (Å²) in [5.41, 5.74) is 7.60. The number of ether oxygens (including phenoxy) is 1. The summed E-state index contributed by atoms with van der Waals surface area (Å²) in [6.07, 6.45) is 2.86. The van der Waals surface area contributed by atoms with Gasteiger partial charge in [0.05, 0.1) is 12.2 Å². The Balaban J connectivity index is 1.85. The van der Waals surface area contributed by atoms with Gasteiger partial charge in [-0.25, -0.2) is 0 Å². The number of hydrogen-bond acceptors (Lipinski definition) is 4. The number of nitrogens with one attached hydrogen (secondary N) is 1. The summed E-state index contributed by atoms with van der Waals surface area (Å²) in [6.45, 7) is 4.65. The van der Waals surface area contributed by atoms with E-state index >= 15 is 0 Å². The molecule has 2 amide bonds. The van der Waals surface area contributed by atoms with E-state index in [0.29, 0.717) is 28.7 Å². The molecule has 0 spiro atoms. The lowest BCUT2D eigenvalue weighted by Crippen LogP contribution is -2.19. The Kier molecular flexibility index (Phi) is 5.08. The van der Waals surface area contributed by atoms with Crippen molar-refractivity contribution < 1.29 is 14.3 Å². The first-order chi connectivity index (χ1) is 12.0. The zero-order chi connectivity index (χ0) is 18.0. The van der Waals surface area contributed by atoms with E-state index in [4.69, 9.17) is 10.5 Å². The van der Waals surface area contributed by atoms with Crippen molar-refractivity contribution in [1.29, 1.82) is 0 Å². The van der Waals surface area contributed by atoms with E-state index in [1.165, 1.54) is 11.3 Å². The van der Waals surface area contributed by atoms with Gasteiger partial charge in [-0.1, -0.05) is 6.92 Å². The van der Waals surface area contributed by atoms with Crippen molar-refractivity contribution in [2.45, 2.75) is 33.1 Å². The van der Waals surface area contributed by atoms with Crippen LogP contribution in [0.4, 0.5) is 5.00 Å². The minimum absolute atomic E-state index is 0.253. The molecule has 0 unspecified atom stereocenters. The highest BCUT2D eigenvalue weighted by molar-refractivity contribution is 7.17. The van der Waals surface area contributed by atoms with E-state index < -0.39 is 5.91 Å². The number of thiophene rings is 1. The van der Waals surface area contributed by atoms with Crippen molar-refractivity contribution in [3.63, 3.8) is 0 Å². The van der Waals surface area contributed by atoms with Crippen LogP contribution in [0.3, 0.4) is 0 Å². The molecule has 3 N–H and O–H groups in total. The minimum atomic E-state index is -0.478. The SMILES string of the molecule is CCOc1ccc(C(=O)Nc2sc3c(c2C(N)=O)C[C@H](C)CC3)cc1. The fraction of sp³-hybridized carbons (Fsp3) is 0.368. The average molecular weight is 358 g/mol. The Labute approximate surface area is 151 Å². The molecule has 1 aliphatic carbocycles. The van der Waals surface area contributed by atoms with Crippen LogP contribution < -0.4 is 15.8 Å². The van der Waals surface area contributed by atoms with Crippen LogP contribution in [0.15, 0.2) is 24.3 Å². The van der Waals surface area contributed by atoms with Crippen molar-refractivity contribution in [3.8, 4) is 5.75 Å². The summed E-state index contributed by atoms with van der Waals surface area (Å²) >= 11 is 1.47. The molecule has 0 saturated carbocycles. The highest BCUT2D eigenvalue weighted by Gasteiger charge is 2.27. The van der Waals surface area contributed by atoms with Gasteiger partial charge in [-0.15, -0.1) is 11.3 Å². The van der Waals surface area contributed by atoms with Crippen LogP contribution in [0.1, 0.15) is 51.4 Å². The first kappa shape index (κ1) is 17.5. The molecule has 25 heavy (non-hydrogen) atoms. The molecule has 1 aliphatic rings. The lowest BCUT2D eigenvalue weighted by molar-refractivity contribution is 0.1000. The second kappa shape index (κ2) is 7.27. The van der Waals surface area contributed by atoms with Gasteiger partial charge in [-0.05, 0) is 61.9 Å². The lowest BCUT2D eigenvalue weighted by atomic mass is 9.87. The van der Waals surface area contributed by atoms with Crippen LogP contribution >= 0.6 is 11.3 Å². The van der Waals surface area contributed by atoms with Crippen LogP contribution in [-0.2, 0) is 12.8 Å². The summed E-state index contributed by atoms with van der Waals surface area (Å²) in [5, 5.41) is 3.43. The Morgan fingerprint density at radius 3 is 2.68 bits per heavy atom. The molecule has 0 aliphatic heterocycles. The number of primary amides is 1. The lowest BCUT2D eigenvalue weighted by Gasteiger charge is -2.18. The standard InChI is InChI=1S/C19H22N2O3S/c1-3-24-13-7-5-12(6-8-13)18(23)21-19-16(17(20)22)14-10-11(2)4-9-15(14)25-19/h5-8,11H,3-4,9-10H2,1-2H3,(H2,20,22)(H,21,23)/t11-/m1/s1. The number of nitrogens with two attached hydrogens (primary N) is 1. The van der Waals surface area contributed by atoms with Crippen molar-refractivity contribution in [3.05, 3.63) is 45.8 Å². The van der Waals surface area contributed by atoms with Crippen LogP contribution in [0.5, 0.6) is 5.75 Å². The Morgan fingerprint density at radius 2 is 2.04 bits per heavy atom. The van der Waals surface area contributed by atoms with Gasteiger partial charge >= 0.3 is 0 Å². The molecule has 2 aromatic rings. The summed E-state index contributed by atoms with van der Waals surface area (Å²) in [6, 6.07) is 6.93. The molecule has 0 saturated heterocycles. The van der Waals surface area contributed by atoms with Gasteiger partial charge in [0, 0.05) is 10.4 Å². The smallest absolute Gasteiger partial charge is 0.256 e. The number of carbonyl (C=O) groups excluding carboxylic acids is 2. The first-order valence-corrected chi connectivity index (χ1v) is 9.29. The Bertz CT molecular complexity index is 796. The second-order valence-electron chi connectivity index (χ2n) is 6.33. The molecule has 1 aromatic carbocycles. The Hall–Kier alpha value is -2.34. The number of fused-ring (bicyclic) bond motifs is 1. The zero-order valence-corrected chi connectivity index (χ0v) is 15.2. The number of amides is 2. The highest BCUT2D eigenvalue weighted by atomic mass is 32.1. The molecule has 1 atom stereocenters. The summed E-state index contributed by atoms with van der Waals surface area (Å²) in [4.78, 5) is 25.7. The molecule has 0 fully saturated rings. The predicted octanol–water partition coefficient (Wildman–Crippen LogP) is 3.62. The third-order valence-corrected chi connectivity index (χ3v) is 5.62. The number of benzene rings is 1. The second-order valence-corrected chi connectivity index (χ2v) is 7.44. The third kappa shape index (κ3) is 3.69. The number of anilines is 1. The van der Waals surface area contributed by atoms with E-state index in [9.17, 15) is 9.59 Å². The molecule has 1 aromatic heterocycles. The summed E-state index contributed by atoms with van der Waals surface area (Å²) in [7, 11) is 0. The molecule has 6 heteroatoms. The molecule has 5 nitrogen and oxygen atoms in total. The summed E-state index contributed by atoms with van der Waals surface area (Å²) in [5.74, 6) is 0.512. The van der Waals surface area contributed by atoms with Crippen molar-refractivity contribution in [2.24, 2.45) is 11.7 Å². The molecule has 0 radical (unpaired) electrons. The van der Waals surface area contributed by atoms with Gasteiger partial charge in [0.15, 0.2) is 0 Å². The maximum atomic E-state index is 12.5.